The average molecular weight is 316 g/mol. The second-order valence-electron chi connectivity index (χ2n) is 5.85. The molecule has 23 heavy (non-hydrogen) atoms. The molecule has 0 bridgehead atoms. The number of benzene rings is 1. The van der Waals surface area contributed by atoms with Crippen LogP contribution in [0, 0.1) is 5.82 Å². The van der Waals surface area contributed by atoms with Crippen LogP contribution in [0.15, 0.2) is 47.1 Å². The summed E-state index contributed by atoms with van der Waals surface area (Å²) in [7, 11) is 0. The van der Waals surface area contributed by atoms with Crippen molar-refractivity contribution in [2.45, 2.75) is 25.3 Å². The Morgan fingerprint density at radius 3 is 2.74 bits per heavy atom. The second kappa shape index (κ2) is 7.42. The van der Waals surface area contributed by atoms with Crippen molar-refractivity contribution < 1.29 is 13.6 Å². The maximum absolute atomic E-state index is 13.2. The Morgan fingerprint density at radius 2 is 2.04 bits per heavy atom. The first kappa shape index (κ1) is 15.7. The molecule has 1 aliphatic rings. The number of furan rings is 1. The molecule has 0 radical (unpaired) electrons. The number of amides is 1. The van der Waals surface area contributed by atoms with Gasteiger partial charge in [0.15, 0.2) is 0 Å². The lowest BCUT2D eigenvalue weighted by Gasteiger charge is -2.33. The van der Waals surface area contributed by atoms with Crippen molar-refractivity contribution in [3.8, 4) is 0 Å². The SMILES string of the molecule is O=C(NCC(c1ccco1)N1CCCCC1)c1cccc(F)c1. The molecule has 1 amide bonds. The first-order chi connectivity index (χ1) is 11.2. The molecule has 1 unspecified atom stereocenters. The molecule has 122 valence electrons. The summed E-state index contributed by atoms with van der Waals surface area (Å²) in [6.45, 7) is 2.45. The van der Waals surface area contributed by atoms with Crippen LogP contribution in [0.3, 0.4) is 0 Å². The molecule has 4 nitrogen and oxygen atoms in total. The number of hydrogen-bond acceptors (Lipinski definition) is 3. The lowest BCUT2D eigenvalue weighted by atomic mass is 10.1. The molecule has 1 aromatic heterocycles. The van der Waals surface area contributed by atoms with E-state index < -0.39 is 5.82 Å². The molecule has 1 saturated heterocycles. The summed E-state index contributed by atoms with van der Waals surface area (Å²) < 4.78 is 18.8. The molecule has 1 aliphatic heterocycles. The third-order valence-electron chi connectivity index (χ3n) is 4.25. The van der Waals surface area contributed by atoms with Crippen LogP contribution in [0.1, 0.15) is 41.4 Å². The van der Waals surface area contributed by atoms with Gasteiger partial charge in [-0.05, 0) is 56.3 Å². The van der Waals surface area contributed by atoms with Crippen LogP contribution in [-0.4, -0.2) is 30.4 Å². The highest BCUT2D eigenvalue weighted by molar-refractivity contribution is 5.94. The number of carbonyl (C=O) groups excluding carboxylic acids is 1. The molecule has 0 spiro atoms. The highest BCUT2D eigenvalue weighted by atomic mass is 19.1. The lowest BCUT2D eigenvalue weighted by Crippen LogP contribution is -2.40. The number of piperidine rings is 1. The maximum atomic E-state index is 13.2. The van der Waals surface area contributed by atoms with Crippen LogP contribution >= 0.6 is 0 Å². The summed E-state index contributed by atoms with van der Waals surface area (Å²) in [5, 5.41) is 2.90. The van der Waals surface area contributed by atoms with E-state index in [2.05, 4.69) is 10.2 Å². The maximum Gasteiger partial charge on any atom is 0.251 e. The van der Waals surface area contributed by atoms with Crippen molar-refractivity contribution in [1.29, 1.82) is 0 Å². The van der Waals surface area contributed by atoms with Gasteiger partial charge < -0.3 is 9.73 Å². The summed E-state index contributed by atoms with van der Waals surface area (Å²) >= 11 is 0. The van der Waals surface area contributed by atoms with Gasteiger partial charge in [0.25, 0.3) is 5.91 Å². The molecule has 2 heterocycles. The minimum atomic E-state index is -0.406. The first-order valence-electron chi connectivity index (χ1n) is 8.05. The van der Waals surface area contributed by atoms with Gasteiger partial charge in [-0.3, -0.25) is 9.69 Å². The number of nitrogens with zero attached hydrogens (tertiary/aromatic N) is 1. The predicted molar refractivity (Wildman–Crippen MR) is 85.6 cm³/mol. The van der Waals surface area contributed by atoms with E-state index in [1.54, 1.807) is 18.4 Å². The van der Waals surface area contributed by atoms with Gasteiger partial charge in [0.2, 0.25) is 0 Å². The zero-order valence-electron chi connectivity index (χ0n) is 13.0. The fraction of sp³-hybridized carbons (Fsp3) is 0.389. The summed E-state index contributed by atoms with van der Waals surface area (Å²) in [6, 6.07) is 9.55. The minimum absolute atomic E-state index is 0.0165. The van der Waals surface area contributed by atoms with E-state index >= 15 is 0 Å². The van der Waals surface area contributed by atoms with E-state index in [0.717, 1.165) is 31.7 Å². The molecule has 1 fully saturated rings. The van der Waals surface area contributed by atoms with Crippen molar-refractivity contribution >= 4 is 5.91 Å². The molecule has 3 rings (SSSR count). The molecule has 1 aromatic carbocycles. The molecule has 2 aromatic rings. The topological polar surface area (TPSA) is 45.5 Å². The first-order valence-corrected chi connectivity index (χ1v) is 8.05. The smallest absolute Gasteiger partial charge is 0.251 e. The second-order valence-corrected chi connectivity index (χ2v) is 5.85. The fourth-order valence-corrected chi connectivity index (χ4v) is 3.04. The zero-order chi connectivity index (χ0) is 16.1. The molecule has 1 N–H and O–H groups in total. The van der Waals surface area contributed by atoms with Crippen molar-refractivity contribution in [1.82, 2.24) is 10.2 Å². The van der Waals surface area contributed by atoms with Gasteiger partial charge in [-0.15, -0.1) is 0 Å². The monoisotopic (exact) mass is 316 g/mol. The Bertz CT molecular complexity index is 636. The molecule has 0 aliphatic carbocycles. The Kier molecular flexibility index (Phi) is 5.08. The van der Waals surface area contributed by atoms with Gasteiger partial charge in [0, 0.05) is 12.1 Å². The van der Waals surface area contributed by atoms with Crippen LogP contribution in [-0.2, 0) is 0 Å². The largest absolute Gasteiger partial charge is 0.468 e. The van der Waals surface area contributed by atoms with Crippen molar-refractivity contribution in [3.05, 3.63) is 59.8 Å². The predicted octanol–water partition coefficient (Wildman–Crippen LogP) is 3.38. The Balaban J connectivity index is 1.67. The highest BCUT2D eigenvalue weighted by Gasteiger charge is 2.25. The summed E-state index contributed by atoms with van der Waals surface area (Å²) in [5.74, 6) is 0.181. The molecule has 1 atom stereocenters. The minimum Gasteiger partial charge on any atom is -0.468 e. The van der Waals surface area contributed by atoms with E-state index in [4.69, 9.17) is 4.42 Å². The third-order valence-corrected chi connectivity index (χ3v) is 4.25. The van der Waals surface area contributed by atoms with Gasteiger partial charge >= 0.3 is 0 Å². The molecular formula is C18H21FN2O2. The van der Waals surface area contributed by atoms with E-state index in [1.807, 2.05) is 12.1 Å². The Labute approximate surface area is 135 Å². The van der Waals surface area contributed by atoms with E-state index in [-0.39, 0.29) is 11.9 Å². The number of likely N-dealkylation sites (tertiary alicyclic amines) is 1. The lowest BCUT2D eigenvalue weighted by molar-refractivity contribution is 0.0913. The van der Waals surface area contributed by atoms with Crippen molar-refractivity contribution in [2.24, 2.45) is 0 Å². The number of nitrogens with one attached hydrogen (secondary N) is 1. The Morgan fingerprint density at radius 1 is 1.22 bits per heavy atom. The zero-order valence-corrected chi connectivity index (χ0v) is 13.0. The summed E-state index contributed by atoms with van der Waals surface area (Å²) in [5.41, 5.74) is 0.335. The number of rotatable bonds is 5. The van der Waals surface area contributed by atoms with Crippen LogP contribution in [0.4, 0.5) is 4.39 Å². The van der Waals surface area contributed by atoms with Gasteiger partial charge in [-0.25, -0.2) is 4.39 Å². The van der Waals surface area contributed by atoms with Crippen LogP contribution in [0.25, 0.3) is 0 Å². The van der Waals surface area contributed by atoms with Crippen molar-refractivity contribution in [3.63, 3.8) is 0 Å². The quantitative estimate of drug-likeness (QED) is 0.920. The van der Waals surface area contributed by atoms with Gasteiger partial charge in [-0.2, -0.15) is 0 Å². The fourth-order valence-electron chi connectivity index (χ4n) is 3.04. The van der Waals surface area contributed by atoms with E-state index in [1.165, 1.54) is 18.6 Å². The van der Waals surface area contributed by atoms with E-state index in [9.17, 15) is 9.18 Å². The van der Waals surface area contributed by atoms with Crippen LogP contribution < -0.4 is 5.32 Å². The summed E-state index contributed by atoms with van der Waals surface area (Å²) in [4.78, 5) is 14.6. The number of hydrogen-bond donors (Lipinski definition) is 1. The third kappa shape index (κ3) is 3.99. The number of halogens is 1. The van der Waals surface area contributed by atoms with Gasteiger partial charge in [0.1, 0.15) is 11.6 Å². The highest BCUT2D eigenvalue weighted by Crippen LogP contribution is 2.24. The molecule has 5 heteroatoms. The van der Waals surface area contributed by atoms with Crippen molar-refractivity contribution in [2.75, 3.05) is 19.6 Å². The average Bonchev–Trinajstić information content (AvgIpc) is 3.10. The standard InChI is InChI=1S/C18H21FN2O2/c19-15-7-4-6-14(12-15)18(22)20-13-16(17-8-5-11-23-17)21-9-2-1-3-10-21/h4-8,11-12,16H,1-3,9-10,13H2,(H,20,22). The van der Waals surface area contributed by atoms with Gasteiger partial charge in [-0.1, -0.05) is 12.5 Å². The molecule has 0 saturated carbocycles. The van der Waals surface area contributed by atoms with Gasteiger partial charge in [0.05, 0.1) is 12.3 Å². The van der Waals surface area contributed by atoms with Crippen LogP contribution in [0.2, 0.25) is 0 Å². The summed E-state index contributed by atoms with van der Waals surface area (Å²) in [6.07, 6.45) is 5.22. The van der Waals surface area contributed by atoms with E-state index in [0.29, 0.717) is 12.1 Å². The normalized spacial score (nSPS) is 16.9. The van der Waals surface area contributed by atoms with Crippen LogP contribution in [0.5, 0.6) is 0 Å². The molecular weight excluding hydrogens is 295 g/mol. The number of carbonyl (C=O) groups is 1. The Hall–Kier alpha value is -2.14.